The Morgan fingerprint density at radius 2 is 1.93 bits per heavy atom. The number of hydrogen-bond donors (Lipinski definition) is 3. The standard InChI is InChI=1S/C18H21N3O5S/c22-15(21-18(25)19-11-5-1-2-6-11)10-26-16(23)9-14-17(24)20-12-7-3-4-8-13(12)27-14/h3-4,7-8,11,14H,1-2,5-6,9-10H2,(H,20,24)(H2,19,21,22,25)/t14-/m1/s1. The van der Waals surface area contributed by atoms with Gasteiger partial charge in [0.2, 0.25) is 5.91 Å². The summed E-state index contributed by atoms with van der Waals surface area (Å²) in [6.07, 6.45) is 3.77. The lowest BCUT2D eigenvalue weighted by atomic mass is 10.2. The molecular formula is C18H21N3O5S. The summed E-state index contributed by atoms with van der Waals surface area (Å²) in [5.41, 5.74) is 0.713. The Bertz CT molecular complexity index is 748. The van der Waals surface area contributed by atoms with Crippen LogP contribution < -0.4 is 16.0 Å². The van der Waals surface area contributed by atoms with Gasteiger partial charge in [-0.05, 0) is 25.0 Å². The van der Waals surface area contributed by atoms with Crippen LogP contribution in [0.1, 0.15) is 32.1 Å². The van der Waals surface area contributed by atoms with Gasteiger partial charge in [0.15, 0.2) is 6.61 Å². The van der Waals surface area contributed by atoms with Crippen LogP contribution in [0.15, 0.2) is 29.2 Å². The lowest BCUT2D eigenvalue weighted by Crippen LogP contribution is -2.45. The van der Waals surface area contributed by atoms with Crippen LogP contribution in [-0.4, -0.2) is 41.7 Å². The number of amides is 4. The number of para-hydroxylation sites is 1. The van der Waals surface area contributed by atoms with Gasteiger partial charge in [-0.2, -0.15) is 0 Å². The second-order valence-corrected chi connectivity index (χ2v) is 7.70. The van der Waals surface area contributed by atoms with Crippen LogP contribution in [0.25, 0.3) is 0 Å². The Labute approximate surface area is 160 Å². The zero-order valence-electron chi connectivity index (χ0n) is 14.7. The topological polar surface area (TPSA) is 114 Å². The maximum Gasteiger partial charge on any atom is 0.321 e. The molecule has 0 radical (unpaired) electrons. The highest BCUT2D eigenvalue weighted by molar-refractivity contribution is 8.01. The fourth-order valence-corrected chi connectivity index (χ4v) is 4.13. The maximum atomic E-state index is 12.1. The van der Waals surface area contributed by atoms with Crippen molar-refractivity contribution in [3.05, 3.63) is 24.3 Å². The quantitative estimate of drug-likeness (QED) is 0.660. The van der Waals surface area contributed by atoms with Gasteiger partial charge in [0.1, 0.15) is 0 Å². The second kappa shape index (κ2) is 8.90. The number of benzene rings is 1. The summed E-state index contributed by atoms with van der Waals surface area (Å²) in [7, 11) is 0. The molecule has 1 saturated carbocycles. The average molecular weight is 391 g/mol. The monoisotopic (exact) mass is 391 g/mol. The van der Waals surface area contributed by atoms with Crippen LogP contribution in [0.3, 0.4) is 0 Å². The highest BCUT2D eigenvalue weighted by Crippen LogP contribution is 2.36. The van der Waals surface area contributed by atoms with Crippen molar-refractivity contribution in [2.75, 3.05) is 11.9 Å². The van der Waals surface area contributed by atoms with Crippen molar-refractivity contribution in [3.8, 4) is 0 Å². The molecule has 8 nitrogen and oxygen atoms in total. The number of thioether (sulfide) groups is 1. The molecule has 0 unspecified atom stereocenters. The first-order valence-corrected chi connectivity index (χ1v) is 9.72. The molecule has 144 valence electrons. The third-order valence-corrected chi connectivity index (χ3v) is 5.64. The summed E-state index contributed by atoms with van der Waals surface area (Å²) >= 11 is 1.28. The Hall–Kier alpha value is -2.55. The van der Waals surface area contributed by atoms with E-state index in [1.54, 1.807) is 6.07 Å². The SMILES string of the molecule is O=C(COC(=O)C[C@H]1Sc2ccccc2NC1=O)NC(=O)NC1CCCC1. The van der Waals surface area contributed by atoms with Crippen molar-refractivity contribution in [1.82, 2.24) is 10.6 Å². The molecule has 0 spiro atoms. The minimum Gasteiger partial charge on any atom is -0.456 e. The molecule has 1 heterocycles. The molecule has 0 saturated heterocycles. The van der Waals surface area contributed by atoms with E-state index in [0.717, 1.165) is 30.6 Å². The number of esters is 1. The molecule has 1 aromatic carbocycles. The molecule has 1 aliphatic heterocycles. The van der Waals surface area contributed by atoms with Crippen molar-refractivity contribution >= 4 is 41.3 Å². The summed E-state index contributed by atoms with van der Waals surface area (Å²) in [4.78, 5) is 48.3. The predicted molar refractivity (Wildman–Crippen MR) is 99.2 cm³/mol. The minimum absolute atomic E-state index is 0.0880. The van der Waals surface area contributed by atoms with Gasteiger partial charge < -0.3 is 15.4 Å². The van der Waals surface area contributed by atoms with E-state index >= 15 is 0 Å². The zero-order valence-corrected chi connectivity index (χ0v) is 15.5. The highest BCUT2D eigenvalue weighted by atomic mass is 32.2. The number of hydrogen-bond acceptors (Lipinski definition) is 6. The smallest absolute Gasteiger partial charge is 0.321 e. The van der Waals surface area contributed by atoms with Crippen molar-refractivity contribution in [2.24, 2.45) is 0 Å². The van der Waals surface area contributed by atoms with Crippen LogP contribution in [0, 0.1) is 0 Å². The van der Waals surface area contributed by atoms with E-state index in [2.05, 4.69) is 16.0 Å². The summed E-state index contributed by atoms with van der Waals surface area (Å²) in [6, 6.07) is 6.81. The number of imide groups is 1. The molecule has 0 bridgehead atoms. The molecule has 1 fully saturated rings. The molecule has 3 rings (SSSR count). The first-order chi connectivity index (χ1) is 13.0. The minimum atomic E-state index is -0.704. The van der Waals surface area contributed by atoms with Gasteiger partial charge in [-0.1, -0.05) is 25.0 Å². The van der Waals surface area contributed by atoms with Crippen LogP contribution >= 0.6 is 11.8 Å². The first kappa shape index (κ1) is 19.2. The van der Waals surface area contributed by atoms with Gasteiger partial charge in [-0.15, -0.1) is 11.8 Å². The summed E-state index contributed by atoms with van der Waals surface area (Å²) in [5, 5.41) is 6.96. The van der Waals surface area contributed by atoms with Gasteiger partial charge >= 0.3 is 12.0 Å². The lowest BCUT2D eigenvalue weighted by molar-refractivity contribution is -0.148. The predicted octanol–water partition coefficient (Wildman–Crippen LogP) is 1.80. The van der Waals surface area contributed by atoms with Crippen LogP contribution in [0.5, 0.6) is 0 Å². The lowest BCUT2D eigenvalue weighted by Gasteiger charge is -2.23. The molecule has 2 aliphatic rings. The van der Waals surface area contributed by atoms with Crippen LogP contribution in [-0.2, 0) is 19.1 Å². The number of urea groups is 1. The van der Waals surface area contributed by atoms with Crippen molar-refractivity contribution in [2.45, 2.75) is 48.3 Å². The largest absolute Gasteiger partial charge is 0.456 e. The molecule has 27 heavy (non-hydrogen) atoms. The highest BCUT2D eigenvalue weighted by Gasteiger charge is 2.29. The number of anilines is 1. The van der Waals surface area contributed by atoms with Gasteiger partial charge in [0, 0.05) is 10.9 Å². The molecule has 4 amide bonds. The molecule has 1 aliphatic carbocycles. The molecule has 9 heteroatoms. The average Bonchev–Trinajstić information content (AvgIpc) is 3.13. The summed E-state index contributed by atoms with van der Waals surface area (Å²) < 4.78 is 4.89. The Morgan fingerprint density at radius 1 is 1.19 bits per heavy atom. The Kier molecular flexibility index (Phi) is 6.33. The van der Waals surface area contributed by atoms with E-state index in [-0.39, 0.29) is 18.4 Å². The number of carbonyl (C=O) groups is 4. The number of nitrogens with one attached hydrogen (secondary N) is 3. The van der Waals surface area contributed by atoms with Crippen molar-refractivity contribution < 1.29 is 23.9 Å². The second-order valence-electron chi connectivity index (χ2n) is 6.46. The molecular weight excluding hydrogens is 370 g/mol. The van der Waals surface area contributed by atoms with Crippen LogP contribution in [0.4, 0.5) is 10.5 Å². The maximum absolute atomic E-state index is 12.1. The van der Waals surface area contributed by atoms with Gasteiger partial charge in [-0.25, -0.2) is 4.79 Å². The van der Waals surface area contributed by atoms with E-state index in [4.69, 9.17) is 4.74 Å². The van der Waals surface area contributed by atoms with E-state index in [1.807, 2.05) is 18.2 Å². The van der Waals surface area contributed by atoms with Crippen LogP contribution in [0.2, 0.25) is 0 Å². The van der Waals surface area contributed by atoms with Gasteiger partial charge in [0.05, 0.1) is 17.4 Å². The fourth-order valence-electron chi connectivity index (χ4n) is 3.04. The first-order valence-electron chi connectivity index (χ1n) is 8.84. The molecule has 0 aromatic heterocycles. The van der Waals surface area contributed by atoms with E-state index in [1.165, 1.54) is 11.8 Å². The normalized spacial score (nSPS) is 19.0. The van der Waals surface area contributed by atoms with E-state index < -0.39 is 29.8 Å². The van der Waals surface area contributed by atoms with Gasteiger partial charge in [0.25, 0.3) is 5.91 Å². The van der Waals surface area contributed by atoms with E-state index in [9.17, 15) is 19.2 Å². The molecule has 3 N–H and O–H groups in total. The number of carbonyl (C=O) groups excluding carboxylic acids is 4. The van der Waals surface area contributed by atoms with Crippen molar-refractivity contribution in [3.63, 3.8) is 0 Å². The fraction of sp³-hybridized carbons (Fsp3) is 0.444. The number of fused-ring (bicyclic) bond motifs is 1. The zero-order chi connectivity index (χ0) is 19.2. The Balaban J connectivity index is 1.39. The van der Waals surface area contributed by atoms with Gasteiger partial charge in [-0.3, -0.25) is 19.7 Å². The van der Waals surface area contributed by atoms with Crippen molar-refractivity contribution in [1.29, 1.82) is 0 Å². The third-order valence-electron chi connectivity index (χ3n) is 4.37. The summed E-state index contributed by atoms with van der Waals surface area (Å²) in [5.74, 6) is -1.66. The summed E-state index contributed by atoms with van der Waals surface area (Å²) in [6.45, 7) is -0.563. The molecule has 1 atom stereocenters. The third kappa shape index (κ3) is 5.46. The molecule has 1 aromatic rings. The van der Waals surface area contributed by atoms with E-state index in [0.29, 0.717) is 5.69 Å². The number of rotatable bonds is 5. The number of ether oxygens (including phenoxy) is 1. The Morgan fingerprint density at radius 3 is 2.70 bits per heavy atom.